The molecule has 0 saturated carbocycles. The van der Waals surface area contributed by atoms with Crippen LogP contribution in [0, 0.1) is 0 Å². The maximum absolute atomic E-state index is 3.91. The molecule has 0 saturated heterocycles. The summed E-state index contributed by atoms with van der Waals surface area (Å²) in [4.78, 5) is 6.15. The number of allylic oxidation sites excluding steroid dienone is 1. The minimum Gasteiger partial charge on any atom is -1.00 e. The minimum atomic E-state index is -1.60. The minimum absolute atomic E-state index is 0. The van der Waals surface area contributed by atoms with Crippen LogP contribution in [0.2, 0.25) is 13.1 Å². The van der Waals surface area contributed by atoms with Crippen LogP contribution in [0.1, 0.15) is 37.4 Å². The maximum atomic E-state index is 3.91. The van der Waals surface area contributed by atoms with Gasteiger partial charge in [-0.05, 0) is 26.3 Å². The molecular formula is C17H28Cl2HfN2Si. The molecule has 2 nitrogen and oxygen atoms in total. The predicted molar refractivity (Wildman–Crippen MR) is 91.2 cm³/mol. The Balaban J connectivity index is 0. The Kier molecular flexibility index (Phi) is 10.2. The van der Waals surface area contributed by atoms with Crippen LogP contribution in [0.5, 0.6) is 0 Å². The van der Waals surface area contributed by atoms with Gasteiger partial charge in [-0.15, -0.1) is 0 Å². The van der Waals surface area contributed by atoms with Crippen LogP contribution in [0.4, 0.5) is 0 Å². The Morgan fingerprint density at radius 3 is 2.04 bits per heavy atom. The van der Waals surface area contributed by atoms with E-state index in [1.54, 1.807) is 0 Å². The van der Waals surface area contributed by atoms with Crippen molar-refractivity contribution in [3.05, 3.63) is 41.5 Å². The molecule has 1 unspecified atom stereocenters. The molecule has 1 N–H and O–H groups in total. The number of fused-ring (bicyclic) bond motifs is 1. The van der Waals surface area contributed by atoms with Crippen LogP contribution in [0.3, 0.4) is 0 Å². The summed E-state index contributed by atoms with van der Waals surface area (Å²) in [6, 6.07) is 8.86. The summed E-state index contributed by atoms with van der Waals surface area (Å²) in [7, 11) is 2.67. The first-order valence-electron chi connectivity index (χ1n) is 7.39. The summed E-state index contributed by atoms with van der Waals surface area (Å²) in [6.07, 6.45) is 2.47. The van der Waals surface area contributed by atoms with E-state index in [1.165, 1.54) is 16.8 Å². The van der Waals surface area contributed by atoms with E-state index in [-0.39, 0.29) is 56.2 Å². The van der Waals surface area contributed by atoms with Crippen LogP contribution in [-0.4, -0.2) is 32.8 Å². The molecule has 6 heteroatoms. The Morgan fingerprint density at radius 2 is 1.57 bits per heavy atom. The van der Waals surface area contributed by atoms with Gasteiger partial charge in [0.2, 0.25) is 0 Å². The SMILES string of the molecule is CN(C)C1=CC([Si](C)(C)NC(C)(C)C)c2ccccc21.[Cl-].[Cl-].[Hf+2]. The Hall–Kier alpha value is 0.387. The fourth-order valence-electron chi connectivity index (χ4n) is 3.37. The van der Waals surface area contributed by atoms with E-state index in [2.05, 4.69) is 88.2 Å². The quantitative estimate of drug-likeness (QED) is 0.442. The van der Waals surface area contributed by atoms with Crippen molar-refractivity contribution in [1.82, 2.24) is 9.88 Å². The molecule has 2 rings (SSSR count). The number of hydrogen-bond acceptors (Lipinski definition) is 2. The largest absolute Gasteiger partial charge is 2.00 e. The van der Waals surface area contributed by atoms with Crippen molar-refractivity contribution in [2.24, 2.45) is 0 Å². The van der Waals surface area contributed by atoms with Gasteiger partial charge in [-0.25, -0.2) is 0 Å². The Labute approximate surface area is 174 Å². The molecule has 0 amide bonds. The van der Waals surface area contributed by atoms with Gasteiger partial charge in [0.05, 0.1) is 0 Å². The third-order valence-corrected chi connectivity index (χ3v) is 7.28. The van der Waals surface area contributed by atoms with Crippen molar-refractivity contribution in [3.8, 4) is 0 Å². The van der Waals surface area contributed by atoms with Gasteiger partial charge < -0.3 is 34.7 Å². The molecule has 0 spiro atoms. The van der Waals surface area contributed by atoms with E-state index in [9.17, 15) is 0 Å². The number of nitrogens with zero attached hydrogens (tertiary/aromatic N) is 1. The van der Waals surface area contributed by atoms with E-state index in [4.69, 9.17) is 0 Å². The molecular weight excluding hydrogens is 510 g/mol. The number of halogens is 2. The number of nitrogens with one attached hydrogen (secondary N) is 1. The molecule has 1 aromatic carbocycles. The second kappa shape index (κ2) is 9.19. The molecule has 128 valence electrons. The standard InChI is InChI=1S/C17H28N2Si.2ClH.Hf/c1-17(2,3)18-20(6,7)16-12-15(19(4)5)13-10-8-9-11-14(13)16;;;/h8-12,16,18H,1-7H3;2*1H;/q;;;+2/p-2. The molecule has 0 bridgehead atoms. The van der Waals surface area contributed by atoms with E-state index in [0.717, 1.165) is 0 Å². The van der Waals surface area contributed by atoms with Gasteiger partial charge >= 0.3 is 25.8 Å². The monoisotopic (exact) mass is 538 g/mol. The van der Waals surface area contributed by atoms with Crippen molar-refractivity contribution in [2.45, 2.75) is 44.9 Å². The van der Waals surface area contributed by atoms with Crippen molar-refractivity contribution < 1.29 is 50.7 Å². The average molecular weight is 538 g/mol. The summed E-state index contributed by atoms with van der Waals surface area (Å²) in [5.41, 5.74) is 4.96. The van der Waals surface area contributed by atoms with E-state index in [1.807, 2.05) is 0 Å². The normalized spacial score (nSPS) is 16.3. The molecule has 0 radical (unpaired) electrons. The zero-order valence-corrected chi connectivity index (χ0v) is 21.3. The molecule has 0 aliphatic heterocycles. The molecule has 1 aliphatic carbocycles. The van der Waals surface area contributed by atoms with Gasteiger partial charge in [0.1, 0.15) is 8.24 Å². The summed E-state index contributed by atoms with van der Waals surface area (Å²) >= 11 is 0. The number of benzene rings is 1. The van der Waals surface area contributed by atoms with Crippen molar-refractivity contribution in [3.63, 3.8) is 0 Å². The number of rotatable bonds is 3. The Morgan fingerprint density at radius 1 is 1.04 bits per heavy atom. The molecule has 1 aliphatic rings. The van der Waals surface area contributed by atoms with Gasteiger partial charge in [-0.3, -0.25) is 0 Å². The fraction of sp³-hybridized carbons (Fsp3) is 0.529. The first-order chi connectivity index (χ1) is 9.12. The zero-order valence-electron chi connectivity index (χ0n) is 15.2. The molecule has 1 aromatic rings. The fourth-order valence-corrected chi connectivity index (χ4v) is 7.06. The van der Waals surface area contributed by atoms with Gasteiger partial charge in [-0.2, -0.15) is 0 Å². The van der Waals surface area contributed by atoms with Crippen molar-refractivity contribution >= 4 is 13.9 Å². The van der Waals surface area contributed by atoms with Crippen molar-refractivity contribution in [1.29, 1.82) is 0 Å². The first kappa shape index (κ1) is 25.6. The smallest absolute Gasteiger partial charge is 1.00 e. The van der Waals surface area contributed by atoms with Crippen LogP contribution in [0.25, 0.3) is 5.70 Å². The van der Waals surface area contributed by atoms with E-state index >= 15 is 0 Å². The average Bonchev–Trinajstić information content (AvgIpc) is 2.65. The third-order valence-electron chi connectivity index (χ3n) is 3.85. The summed E-state index contributed by atoms with van der Waals surface area (Å²) in [5, 5.41) is 0. The summed E-state index contributed by atoms with van der Waals surface area (Å²) in [6.45, 7) is 11.7. The Bertz CT molecular complexity index is 540. The number of hydrogen-bond donors (Lipinski definition) is 1. The topological polar surface area (TPSA) is 15.3 Å². The van der Waals surface area contributed by atoms with Gasteiger partial charge in [-0.1, -0.05) is 43.4 Å². The van der Waals surface area contributed by atoms with Gasteiger partial charge in [0.25, 0.3) is 0 Å². The summed E-state index contributed by atoms with van der Waals surface area (Å²) < 4.78 is 0. The zero-order chi connectivity index (χ0) is 15.1. The van der Waals surface area contributed by atoms with Crippen LogP contribution in [-0.2, 0) is 25.8 Å². The molecule has 0 fully saturated rings. The van der Waals surface area contributed by atoms with E-state index < -0.39 is 8.24 Å². The third kappa shape index (κ3) is 6.00. The van der Waals surface area contributed by atoms with E-state index in [0.29, 0.717) is 5.54 Å². The second-order valence-electron chi connectivity index (χ2n) is 7.61. The second-order valence-corrected chi connectivity index (χ2v) is 11.9. The van der Waals surface area contributed by atoms with Gasteiger partial charge in [0.15, 0.2) is 0 Å². The van der Waals surface area contributed by atoms with Crippen molar-refractivity contribution in [2.75, 3.05) is 14.1 Å². The maximum Gasteiger partial charge on any atom is 2.00 e. The van der Waals surface area contributed by atoms with Crippen LogP contribution in [0.15, 0.2) is 30.3 Å². The molecule has 0 heterocycles. The van der Waals surface area contributed by atoms with Gasteiger partial charge in [0, 0.05) is 36.4 Å². The summed E-state index contributed by atoms with van der Waals surface area (Å²) in [5.74, 6) is 0. The molecule has 0 aromatic heterocycles. The molecule has 23 heavy (non-hydrogen) atoms. The van der Waals surface area contributed by atoms with Crippen LogP contribution >= 0.6 is 0 Å². The predicted octanol–water partition coefficient (Wildman–Crippen LogP) is -2.18. The first-order valence-corrected chi connectivity index (χ1v) is 10.5. The van der Waals surface area contributed by atoms with Crippen LogP contribution < -0.4 is 29.8 Å². The molecule has 1 atom stereocenters.